The van der Waals surface area contributed by atoms with E-state index in [4.69, 9.17) is 9.97 Å². The van der Waals surface area contributed by atoms with Crippen LogP contribution in [0.3, 0.4) is 0 Å². The monoisotopic (exact) mass is 1490 g/mol. The first-order chi connectivity index (χ1) is 52.6. The average Bonchev–Trinajstić information content (AvgIpc) is 1.62. The maximum absolute atomic E-state index is 14.5. The van der Waals surface area contributed by atoms with Gasteiger partial charge >= 0.3 is 0 Å². The molecule has 5 rings (SSSR count). The average molecular weight is 1490 g/mol. The van der Waals surface area contributed by atoms with Crippen LogP contribution in [-0.4, -0.2) is 93.6 Å². The van der Waals surface area contributed by atoms with Crippen LogP contribution in [0.4, 0.5) is 0 Å². The van der Waals surface area contributed by atoms with Gasteiger partial charge in [-0.25, -0.2) is 9.97 Å². The van der Waals surface area contributed by atoms with E-state index in [2.05, 4.69) is 103 Å². The Balaban J connectivity index is 1.39. The van der Waals surface area contributed by atoms with E-state index in [9.17, 15) is 28.8 Å². The molecule has 16 nitrogen and oxygen atoms in total. The van der Waals surface area contributed by atoms with Crippen molar-refractivity contribution in [1.29, 1.82) is 0 Å². The molecular weight excluding hydrogens is 1340 g/mol. The topological polar surface area (TPSA) is 232 Å². The highest BCUT2D eigenvalue weighted by atomic mass is 16.2. The van der Waals surface area contributed by atoms with Gasteiger partial charge < -0.3 is 41.9 Å². The summed E-state index contributed by atoms with van der Waals surface area (Å²) in [5.74, 6) is -1.45. The lowest BCUT2D eigenvalue weighted by atomic mass is 9.97. The fourth-order valence-corrected chi connectivity index (χ4v) is 15.2. The molecule has 6 amide bonds. The molecule has 0 radical (unpaired) electrons. The van der Waals surface area contributed by atoms with Crippen molar-refractivity contribution in [1.82, 2.24) is 51.8 Å². The Morgan fingerprint density at radius 1 is 0.343 bits per heavy atom. The van der Waals surface area contributed by atoms with Crippen molar-refractivity contribution >= 4 is 92.0 Å². The number of carbonyl (C=O) groups excluding carboxylic acids is 6. The number of fused-ring (bicyclic) bond motifs is 8. The fourth-order valence-electron chi connectivity index (χ4n) is 15.2. The van der Waals surface area contributed by atoms with Crippen molar-refractivity contribution in [3.63, 3.8) is 0 Å². The van der Waals surface area contributed by atoms with Gasteiger partial charge in [0.25, 0.3) is 0 Å². The molecule has 2 aliphatic rings. The van der Waals surface area contributed by atoms with Gasteiger partial charge in [0.15, 0.2) is 0 Å². The summed E-state index contributed by atoms with van der Waals surface area (Å²) in [7, 11) is 0. The number of amides is 6. The number of hydrogen-bond acceptors (Lipinski definition) is 8. The second-order valence-electron chi connectivity index (χ2n) is 31.3. The zero-order valence-electron chi connectivity index (χ0n) is 69.1. The smallest absolute Gasteiger partial charge is 0.242 e. The Labute approximate surface area is 653 Å². The first-order valence-corrected chi connectivity index (χ1v) is 43.7. The summed E-state index contributed by atoms with van der Waals surface area (Å²) in [6.45, 7) is 27.8. The number of aromatic amines is 2. The minimum absolute atomic E-state index is 0.0347. The van der Waals surface area contributed by atoms with E-state index in [1.165, 1.54) is 180 Å². The summed E-state index contributed by atoms with van der Waals surface area (Å²) in [4.78, 5) is 102. The number of carbonyl (C=O) groups is 6. The highest BCUT2D eigenvalue weighted by molar-refractivity contribution is 5.98. The lowest BCUT2D eigenvalue weighted by molar-refractivity contribution is -0.129. The molecule has 16 heteroatoms. The zero-order valence-corrected chi connectivity index (χ0v) is 69.1. The second-order valence-corrected chi connectivity index (χ2v) is 31.3. The van der Waals surface area contributed by atoms with Crippen molar-refractivity contribution in [2.75, 3.05) is 26.2 Å². The van der Waals surface area contributed by atoms with Crippen molar-refractivity contribution in [2.24, 2.45) is 0 Å². The van der Waals surface area contributed by atoms with Crippen LogP contribution in [0.15, 0.2) is 37.4 Å². The van der Waals surface area contributed by atoms with E-state index in [1.807, 2.05) is 44.2 Å². The van der Waals surface area contributed by atoms with Gasteiger partial charge in [0.05, 0.1) is 22.8 Å². The molecule has 3 aromatic rings. The summed E-state index contributed by atoms with van der Waals surface area (Å²) in [6, 6.07) is 6.32. The third kappa shape index (κ3) is 34.9. The maximum Gasteiger partial charge on any atom is 0.242 e. The van der Waals surface area contributed by atoms with Crippen molar-refractivity contribution in [3.8, 4) is 0 Å². The highest BCUT2D eigenvalue weighted by Crippen LogP contribution is 2.39. The fraction of sp³-hybridized carbons (Fsp3) is 0.674. The minimum atomic E-state index is -0.907. The van der Waals surface area contributed by atoms with Crippen LogP contribution in [0.25, 0.3) is 56.5 Å². The summed E-state index contributed by atoms with van der Waals surface area (Å²) >= 11 is 0. The number of allylic oxidation sites excluding steroid dienone is 4. The molecule has 602 valence electrons. The number of H-pyrrole nitrogens is 2. The molecule has 0 saturated carbocycles. The number of nitrogens with zero attached hydrogens (tertiary/aromatic N) is 2. The lowest BCUT2D eigenvalue weighted by Crippen LogP contribution is -2.47. The van der Waals surface area contributed by atoms with E-state index >= 15 is 0 Å². The van der Waals surface area contributed by atoms with E-state index < -0.39 is 12.1 Å². The normalized spacial score (nSPS) is 12.7. The Kier molecular flexibility index (Phi) is 46.9. The molecule has 8 bridgehead atoms. The summed E-state index contributed by atoms with van der Waals surface area (Å²) in [6.07, 6.45) is 52.7. The molecule has 0 spiro atoms. The van der Waals surface area contributed by atoms with Gasteiger partial charge in [-0.1, -0.05) is 284 Å². The van der Waals surface area contributed by atoms with E-state index in [0.29, 0.717) is 49.0 Å². The van der Waals surface area contributed by atoms with Crippen molar-refractivity contribution in [3.05, 3.63) is 82.5 Å². The number of hydrogen-bond donors (Lipinski definition) is 8. The van der Waals surface area contributed by atoms with E-state index in [-0.39, 0.29) is 86.8 Å². The van der Waals surface area contributed by atoms with Crippen LogP contribution in [0, 0.1) is 13.8 Å². The zero-order chi connectivity index (χ0) is 77.9. The Morgan fingerprint density at radius 2 is 0.620 bits per heavy atom. The molecule has 5 heterocycles. The van der Waals surface area contributed by atoms with Crippen LogP contribution in [0.2, 0.25) is 0 Å². The van der Waals surface area contributed by atoms with Gasteiger partial charge in [-0.05, 0) is 137 Å². The van der Waals surface area contributed by atoms with Gasteiger partial charge in [0.2, 0.25) is 35.4 Å². The Hall–Kier alpha value is -7.10. The number of rotatable bonds is 62. The van der Waals surface area contributed by atoms with Gasteiger partial charge in [-0.3, -0.25) is 28.8 Å². The van der Waals surface area contributed by atoms with Crippen LogP contribution in [0.1, 0.15) is 395 Å². The molecule has 2 atom stereocenters. The SMILES string of the molecule is C=Cc1c(C)c2cc3[nH]c(cc4nc(cc5nc(cc1[nH]2)C(C)=C5CCC(=O)NC(CCC(=O)NCCCCCCCCCCCC)C(=O)NCCCCCCCCCCCC)C(CCC(=O)NC(CCC(=O)NCCCCCCCCCCCC)C(=O)NCCCCCCCCCCCC)=C4C)c(C)c3C=C. The third-order valence-electron chi connectivity index (χ3n) is 22.2. The predicted octanol–water partition coefficient (Wildman–Crippen LogP) is 22.3. The number of aryl methyl sites for hydroxylation is 2. The lowest BCUT2D eigenvalue weighted by Gasteiger charge is -2.19. The molecule has 0 fully saturated rings. The molecule has 3 aromatic heterocycles. The first-order valence-electron chi connectivity index (χ1n) is 43.7. The number of nitrogens with one attached hydrogen (secondary N) is 8. The second kappa shape index (κ2) is 55.3. The number of aromatic nitrogens is 4. The third-order valence-corrected chi connectivity index (χ3v) is 22.2. The van der Waals surface area contributed by atoms with Crippen LogP contribution < -0.4 is 31.9 Å². The molecule has 0 aromatic carbocycles. The van der Waals surface area contributed by atoms with Crippen molar-refractivity contribution in [2.45, 2.75) is 376 Å². The van der Waals surface area contributed by atoms with Crippen LogP contribution in [-0.2, 0) is 28.8 Å². The summed E-state index contributed by atoms with van der Waals surface area (Å²) in [5, 5.41) is 18.6. The molecule has 8 N–H and O–H groups in total. The summed E-state index contributed by atoms with van der Waals surface area (Å²) in [5.41, 5.74) is 13.4. The molecule has 108 heavy (non-hydrogen) atoms. The van der Waals surface area contributed by atoms with Gasteiger partial charge in [0, 0.05) is 85.1 Å². The van der Waals surface area contributed by atoms with Gasteiger partial charge in [-0.2, -0.15) is 0 Å². The van der Waals surface area contributed by atoms with Crippen LogP contribution >= 0.6 is 0 Å². The minimum Gasteiger partial charge on any atom is -0.356 e. The van der Waals surface area contributed by atoms with E-state index in [0.717, 1.165) is 144 Å². The molecule has 0 saturated heterocycles. The van der Waals surface area contributed by atoms with E-state index in [1.54, 1.807) is 0 Å². The predicted molar refractivity (Wildman–Crippen MR) is 456 cm³/mol. The largest absolute Gasteiger partial charge is 0.356 e. The van der Waals surface area contributed by atoms with Crippen molar-refractivity contribution < 1.29 is 28.8 Å². The highest BCUT2D eigenvalue weighted by Gasteiger charge is 2.27. The first kappa shape index (κ1) is 91.5. The summed E-state index contributed by atoms with van der Waals surface area (Å²) < 4.78 is 0. The maximum atomic E-state index is 14.5. The standard InChI is InChI=1S/C92H148N10O6/c1-11-17-21-25-29-33-37-41-45-49-61-93-87(103)59-55-77(91(107)95-63-51-47-43-39-35-31-27-23-19-13-3)101-89(105)57-53-75-71(9)80-65-79-69(7)73(15-5)83(97-79)66-81-70(8)74(16-6)84(98-81)67-82-72(10)76(86(100-82)68-85(75)99-80)54-58-90(106)102-78(92(108)96-64-52-48-44-40-36-32-28-24-20-14-4)56-60-88(104)94-62-50-46-42-38-34-30-26-22-18-12-2/h15-16,65-68,77-78,97-98H,5-6,11-14,17-64H2,1-4,7-10H3,(H,93,103)(H,94,104)(H,95,107)(H,96,108)(H,101,105)(H,102,106). The molecular formula is C92H148N10O6. The van der Waals surface area contributed by atoms with Gasteiger partial charge in [0.1, 0.15) is 12.1 Å². The quantitative estimate of drug-likeness (QED) is 0.0253. The molecule has 2 aliphatic heterocycles. The number of unbranched alkanes of at least 4 members (excludes halogenated alkanes) is 36. The Morgan fingerprint density at radius 3 is 0.935 bits per heavy atom. The van der Waals surface area contributed by atoms with Crippen LogP contribution in [0.5, 0.6) is 0 Å². The molecule has 0 aliphatic carbocycles. The molecule has 2 unspecified atom stereocenters. The van der Waals surface area contributed by atoms with Gasteiger partial charge in [-0.15, -0.1) is 0 Å². The Bertz CT molecular complexity index is 3440.